The van der Waals surface area contributed by atoms with Gasteiger partial charge in [0.25, 0.3) is 0 Å². The molecule has 0 saturated heterocycles. The first-order chi connectivity index (χ1) is 8.04. The predicted octanol–water partition coefficient (Wildman–Crippen LogP) is 0.513. The van der Waals surface area contributed by atoms with E-state index in [1.54, 1.807) is 20.8 Å². The molecular weight excluding hydrogens is 224 g/mol. The van der Waals surface area contributed by atoms with Crippen LogP contribution in [0.25, 0.3) is 0 Å². The molecular formula is C11H16N2O4. The zero-order valence-electron chi connectivity index (χ0n) is 10.2. The van der Waals surface area contributed by atoms with Crippen molar-refractivity contribution in [1.82, 2.24) is 10.5 Å². The second-order valence-corrected chi connectivity index (χ2v) is 3.56. The molecule has 0 bridgehead atoms. The summed E-state index contributed by atoms with van der Waals surface area (Å²) in [5.74, 6) is -0.0825. The van der Waals surface area contributed by atoms with E-state index in [4.69, 9.17) is 9.26 Å². The Morgan fingerprint density at radius 1 is 1.41 bits per heavy atom. The van der Waals surface area contributed by atoms with Crippen LogP contribution in [0.3, 0.4) is 0 Å². The smallest absolute Gasteiger partial charge is 0.325 e. The van der Waals surface area contributed by atoms with Crippen LogP contribution in [0.2, 0.25) is 0 Å². The van der Waals surface area contributed by atoms with Gasteiger partial charge in [0.15, 0.2) is 0 Å². The van der Waals surface area contributed by atoms with Gasteiger partial charge in [0.05, 0.1) is 18.7 Å². The largest absolute Gasteiger partial charge is 0.465 e. The number of carbonyl (C=O) groups excluding carboxylic acids is 2. The highest BCUT2D eigenvalue weighted by atomic mass is 16.5. The summed E-state index contributed by atoms with van der Waals surface area (Å²) in [5.41, 5.74) is 1.44. The third-order valence-corrected chi connectivity index (χ3v) is 2.25. The van der Waals surface area contributed by atoms with Crippen molar-refractivity contribution in [2.45, 2.75) is 27.2 Å². The Morgan fingerprint density at radius 3 is 2.65 bits per heavy atom. The highest BCUT2D eigenvalue weighted by molar-refractivity contribution is 5.83. The van der Waals surface area contributed by atoms with E-state index in [9.17, 15) is 9.59 Å². The molecule has 0 saturated carbocycles. The third-order valence-electron chi connectivity index (χ3n) is 2.25. The van der Waals surface area contributed by atoms with Crippen LogP contribution in [0, 0.1) is 13.8 Å². The lowest BCUT2D eigenvalue weighted by Gasteiger charge is -2.04. The lowest BCUT2D eigenvalue weighted by molar-refractivity contribution is -0.143. The Labute approximate surface area is 99.3 Å². The van der Waals surface area contributed by atoms with E-state index in [1.807, 2.05) is 0 Å². The van der Waals surface area contributed by atoms with E-state index >= 15 is 0 Å². The molecule has 6 nitrogen and oxygen atoms in total. The lowest BCUT2D eigenvalue weighted by Crippen LogP contribution is -2.31. The van der Waals surface area contributed by atoms with Crippen LogP contribution in [-0.2, 0) is 20.7 Å². The number of nitrogens with zero attached hydrogens (tertiary/aromatic N) is 1. The predicted molar refractivity (Wildman–Crippen MR) is 59.3 cm³/mol. The highest BCUT2D eigenvalue weighted by Crippen LogP contribution is 2.12. The minimum absolute atomic E-state index is 0.115. The van der Waals surface area contributed by atoms with Crippen molar-refractivity contribution < 1.29 is 18.8 Å². The number of hydrogen-bond acceptors (Lipinski definition) is 5. The number of aryl methyl sites for hydroxylation is 2. The second-order valence-electron chi connectivity index (χ2n) is 3.56. The average Bonchev–Trinajstić information content (AvgIpc) is 2.58. The van der Waals surface area contributed by atoms with E-state index in [0.29, 0.717) is 18.1 Å². The third kappa shape index (κ3) is 3.90. The van der Waals surface area contributed by atoms with E-state index < -0.39 is 5.97 Å². The molecule has 0 aliphatic carbocycles. The maximum Gasteiger partial charge on any atom is 0.325 e. The summed E-state index contributed by atoms with van der Waals surface area (Å²) < 4.78 is 9.63. The molecule has 0 unspecified atom stereocenters. The van der Waals surface area contributed by atoms with Crippen LogP contribution in [0.1, 0.15) is 23.9 Å². The zero-order valence-corrected chi connectivity index (χ0v) is 10.2. The first-order valence-electron chi connectivity index (χ1n) is 5.38. The topological polar surface area (TPSA) is 81.4 Å². The Bertz CT molecular complexity index is 392. The SMILES string of the molecule is CCOC(=O)CNC(=O)Cc1c(C)noc1C. The molecule has 1 heterocycles. The quantitative estimate of drug-likeness (QED) is 0.758. The van der Waals surface area contributed by atoms with Gasteiger partial charge in [-0.25, -0.2) is 0 Å². The molecule has 6 heteroatoms. The molecule has 0 aromatic carbocycles. The highest BCUT2D eigenvalue weighted by Gasteiger charge is 2.14. The maximum absolute atomic E-state index is 11.5. The monoisotopic (exact) mass is 240 g/mol. The minimum atomic E-state index is -0.445. The summed E-state index contributed by atoms with van der Waals surface area (Å²) in [5, 5.41) is 6.22. The Morgan fingerprint density at radius 2 is 2.12 bits per heavy atom. The summed E-state index contributed by atoms with van der Waals surface area (Å²) in [7, 11) is 0. The molecule has 0 radical (unpaired) electrons. The number of amides is 1. The standard InChI is InChI=1S/C11H16N2O4/c1-4-16-11(15)6-12-10(14)5-9-7(2)13-17-8(9)3/h4-6H2,1-3H3,(H,12,14). The van der Waals surface area contributed by atoms with Gasteiger partial charge in [0.2, 0.25) is 5.91 Å². The van der Waals surface area contributed by atoms with E-state index in [-0.39, 0.29) is 18.9 Å². The van der Waals surface area contributed by atoms with Gasteiger partial charge in [-0.1, -0.05) is 5.16 Å². The number of aromatic nitrogens is 1. The average molecular weight is 240 g/mol. The molecule has 0 aliphatic heterocycles. The van der Waals surface area contributed by atoms with Crippen molar-refractivity contribution in [3.63, 3.8) is 0 Å². The summed E-state index contributed by atoms with van der Waals surface area (Å²) in [6.07, 6.45) is 0.153. The van der Waals surface area contributed by atoms with Crippen molar-refractivity contribution >= 4 is 11.9 Å². The van der Waals surface area contributed by atoms with Gasteiger partial charge in [-0.2, -0.15) is 0 Å². The first-order valence-corrected chi connectivity index (χ1v) is 5.38. The van der Waals surface area contributed by atoms with E-state index in [2.05, 4.69) is 10.5 Å². The zero-order chi connectivity index (χ0) is 12.8. The van der Waals surface area contributed by atoms with Crippen LogP contribution < -0.4 is 5.32 Å². The van der Waals surface area contributed by atoms with Crippen LogP contribution in [-0.4, -0.2) is 30.2 Å². The number of hydrogen-bond donors (Lipinski definition) is 1. The van der Waals surface area contributed by atoms with Gasteiger partial charge in [0.1, 0.15) is 12.3 Å². The number of esters is 1. The van der Waals surface area contributed by atoms with Gasteiger partial charge in [-0.3, -0.25) is 9.59 Å². The van der Waals surface area contributed by atoms with Crippen molar-refractivity contribution in [1.29, 1.82) is 0 Å². The number of nitrogens with one attached hydrogen (secondary N) is 1. The fourth-order valence-electron chi connectivity index (χ4n) is 1.36. The van der Waals surface area contributed by atoms with Crippen molar-refractivity contribution in [3.05, 3.63) is 17.0 Å². The fourth-order valence-corrected chi connectivity index (χ4v) is 1.36. The summed E-state index contributed by atoms with van der Waals surface area (Å²) in [6, 6.07) is 0. The molecule has 1 N–H and O–H groups in total. The molecule has 1 aromatic rings. The molecule has 1 rings (SSSR count). The fraction of sp³-hybridized carbons (Fsp3) is 0.545. The molecule has 0 atom stereocenters. The Hall–Kier alpha value is -1.85. The number of carbonyl (C=O) groups is 2. The molecule has 0 fully saturated rings. The van der Waals surface area contributed by atoms with Crippen molar-refractivity contribution in [2.75, 3.05) is 13.2 Å². The van der Waals surface area contributed by atoms with E-state index in [1.165, 1.54) is 0 Å². The van der Waals surface area contributed by atoms with Crippen LogP contribution >= 0.6 is 0 Å². The number of rotatable bonds is 5. The summed E-state index contributed by atoms with van der Waals surface area (Å²) in [6.45, 7) is 5.41. The molecule has 1 amide bonds. The van der Waals surface area contributed by atoms with E-state index in [0.717, 1.165) is 5.56 Å². The van der Waals surface area contributed by atoms with Crippen molar-refractivity contribution in [2.24, 2.45) is 0 Å². The number of ether oxygens (including phenoxy) is 1. The van der Waals surface area contributed by atoms with Gasteiger partial charge in [-0.15, -0.1) is 0 Å². The summed E-state index contributed by atoms with van der Waals surface area (Å²) >= 11 is 0. The molecule has 1 aromatic heterocycles. The molecule has 0 aliphatic rings. The van der Waals surface area contributed by atoms with Gasteiger partial charge >= 0.3 is 5.97 Å². The maximum atomic E-state index is 11.5. The van der Waals surface area contributed by atoms with Crippen molar-refractivity contribution in [3.8, 4) is 0 Å². The molecule has 94 valence electrons. The summed E-state index contributed by atoms with van der Waals surface area (Å²) in [4.78, 5) is 22.6. The van der Waals surface area contributed by atoms with Crippen LogP contribution in [0.4, 0.5) is 0 Å². The first kappa shape index (κ1) is 13.2. The van der Waals surface area contributed by atoms with Gasteiger partial charge in [-0.05, 0) is 20.8 Å². The molecule has 0 spiro atoms. The lowest BCUT2D eigenvalue weighted by atomic mass is 10.1. The van der Waals surface area contributed by atoms with Gasteiger partial charge in [0, 0.05) is 5.56 Å². The Balaban J connectivity index is 2.43. The molecule has 17 heavy (non-hydrogen) atoms. The van der Waals surface area contributed by atoms with Crippen LogP contribution in [0.5, 0.6) is 0 Å². The minimum Gasteiger partial charge on any atom is -0.465 e. The Kier molecular flexibility index (Phi) is 4.68. The van der Waals surface area contributed by atoms with Crippen LogP contribution in [0.15, 0.2) is 4.52 Å². The van der Waals surface area contributed by atoms with Gasteiger partial charge < -0.3 is 14.6 Å². The normalized spacial score (nSPS) is 10.1. The second kappa shape index (κ2) is 6.03.